The van der Waals surface area contributed by atoms with Crippen LogP contribution in [0, 0.1) is 5.82 Å². The fourth-order valence-electron chi connectivity index (χ4n) is 2.49. The quantitative estimate of drug-likeness (QED) is 0.780. The van der Waals surface area contributed by atoms with Gasteiger partial charge in [-0.1, -0.05) is 30.3 Å². The Bertz CT molecular complexity index is 748. The molecule has 0 saturated heterocycles. The molecule has 0 saturated carbocycles. The zero-order valence-electron chi connectivity index (χ0n) is 11.2. The second-order valence-corrected chi connectivity index (χ2v) is 4.74. The predicted molar refractivity (Wildman–Crippen MR) is 79.9 cm³/mol. The van der Waals surface area contributed by atoms with Crippen molar-refractivity contribution in [2.45, 2.75) is 6.54 Å². The second kappa shape index (κ2) is 5.39. The van der Waals surface area contributed by atoms with Gasteiger partial charge in [-0.2, -0.15) is 0 Å². The van der Waals surface area contributed by atoms with Crippen LogP contribution in [0.25, 0.3) is 21.9 Å². The number of rotatable bonds is 3. The third-order valence-corrected chi connectivity index (χ3v) is 3.39. The molecule has 0 aliphatic carbocycles. The Hall–Kier alpha value is -2.26. The van der Waals surface area contributed by atoms with Crippen molar-refractivity contribution in [1.29, 1.82) is 0 Å². The first-order valence-corrected chi connectivity index (χ1v) is 6.56. The van der Waals surface area contributed by atoms with Gasteiger partial charge in [0.2, 0.25) is 0 Å². The van der Waals surface area contributed by atoms with Crippen LogP contribution in [0.2, 0.25) is 0 Å². The molecule has 3 aromatic rings. The number of hydrogen-bond donors (Lipinski definition) is 1. The van der Waals surface area contributed by atoms with Crippen LogP contribution in [-0.4, -0.2) is 12.0 Å². The molecule has 0 bridgehead atoms. The van der Waals surface area contributed by atoms with Crippen molar-refractivity contribution < 1.29 is 4.39 Å². The summed E-state index contributed by atoms with van der Waals surface area (Å²) in [5, 5.41) is 5.30. The first-order chi connectivity index (χ1) is 9.79. The minimum Gasteiger partial charge on any atom is -0.316 e. The van der Waals surface area contributed by atoms with Gasteiger partial charge in [-0.05, 0) is 35.7 Å². The van der Waals surface area contributed by atoms with Gasteiger partial charge >= 0.3 is 0 Å². The molecule has 2 nitrogen and oxygen atoms in total. The Balaban J connectivity index is 2.25. The molecule has 0 amide bonds. The summed E-state index contributed by atoms with van der Waals surface area (Å²) in [4.78, 5) is 4.30. The minimum absolute atomic E-state index is 0.216. The molecule has 0 aliphatic rings. The number of nitrogens with zero attached hydrogens (tertiary/aromatic N) is 1. The van der Waals surface area contributed by atoms with Gasteiger partial charge in [-0.3, -0.25) is 4.98 Å². The first kappa shape index (κ1) is 12.8. The summed E-state index contributed by atoms with van der Waals surface area (Å²) in [5.74, 6) is -0.216. The first-order valence-electron chi connectivity index (χ1n) is 6.56. The maximum Gasteiger partial charge on any atom is 0.123 e. The molecule has 0 aliphatic heterocycles. The summed E-state index contributed by atoms with van der Waals surface area (Å²) in [6.07, 6.45) is 3.69. The van der Waals surface area contributed by atoms with Gasteiger partial charge in [0.1, 0.15) is 5.82 Å². The zero-order chi connectivity index (χ0) is 13.9. The highest BCUT2D eigenvalue weighted by Crippen LogP contribution is 2.30. The van der Waals surface area contributed by atoms with E-state index >= 15 is 0 Å². The maximum atomic E-state index is 13.5. The molecule has 3 rings (SSSR count). The molecular formula is C17H15FN2. The van der Waals surface area contributed by atoms with E-state index in [-0.39, 0.29) is 5.82 Å². The van der Waals surface area contributed by atoms with E-state index in [0.29, 0.717) is 6.54 Å². The highest BCUT2D eigenvalue weighted by atomic mass is 19.1. The third kappa shape index (κ3) is 2.28. The van der Waals surface area contributed by atoms with Gasteiger partial charge in [0, 0.05) is 29.9 Å². The molecule has 0 radical (unpaired) electrons. The van der Waals surface area contributed by atoms with Crippen molar-refractivity contribution in [2.24, 2.45) is 0 Å². The molecule has 0 spiro atoms. The van der Waals surface area contributed by atoms with E-state index in [2.05, 4.69) is 16.4 Å². The third-order valence-electron chi connectivity index (χ3n) is 3.39. The molecule has 1 heterocycles. The number of benzene rings is 2. The van der Waals surface area contributed by atoms with Gasteiger partial charge in [0.05, 0.1) is 0 Å². The molecule has 100 valence electrons. The maximum absolute atomic E-state index is 13.5. The topological polar surface area (TPSA) is 24.9 Å². The average Bonchev–Trinajstić information content (AvgIpc) is 2.47. The summed E-state index contributed by atoms with van der Waals surface area (Å²) in [6, 6.07) is 13.0. The van der Waals surface area contributed by atoms with Crippen molar-refractivity contribution in [2.75, 3.05) is 7.05 Å². The van der Waals surface area contributed by atoms with E-state index in [9.17, 15) is 4.39 Å². The number of aromatic nitrogens is 1. The minimum atomic E-state index is -0.216. The molecular weight excluding hydrogens is 251 g/mol. The van der Waals surface area contributed by atoms with E-state index in [1.54, 1.807) is 6.07 Å². The molecule has 0 atom stereocenters. The SMILES string of the molecule is CNCc1cc(F)ccc1-c1cncc2ccccc12. The summed E-state index contributed by atoms with van der Waals surface area (Å²) < 4.78 is 13.5. The highest BCUT2D eigenvalue weighted by molar-refractivity contribution is 5.96. The van der Waals surface area contributed by atoms with E-state index in [0.717, 1.165) is 27.5 Å². The van der Waals surface area contributed by atoms with E-state index < -0.39 is 0 Å². The Kier molecular flexibility index (Phi) is 3.44. The van der Waals surface area contributed by atoms with Gasteiger partial charge in [-0.15, -0.1) is 0 Å². The number of hydrogen-bond acceptors (Lipinski definition) is 2. The van der Waals surface area contributed by atoms with Crippen LogP contribution >= 0.6 is 0 Å². The van der Waals surface area contributed by atoms with Crippen molar-refractivity contribution in [3.8, 4) is 11.1 Å². The largest absolute Gasteiger partial charge is 0.316 e. The Morgan fingerprint density at radius 1 is 1.05 bits per heavy atom. The van der Waals surface area contributed by atoms with Crippen LogP contribution in [0.4, 0.5) is 4.39 Å². The van der Waals surface area contributed by atoms with Crippen LogP contribution in [0.1, 0.15) is 5.56 Å². The molecule has 1 aromatic heterocycles. The Morgan fingerprint density at radius 3 is 2.75 bits per heavy atom. The standard InChI is InChI=1S/C17H15FN2/c1-19-9-13-8-14(18)6-7-16(13)17-11-20-10-12-4-2-3-5-15(12)17/h2-8,10-11,19H,9H2,1H3. The number of halogens is 1. The van der Waals surface area contributed by atoms with Crippen LogP contribution in [0.15, 0.2) is 54.9 Å². The molecule has 20 heavy (non-hydrogen) atoms. The van der Waals surface area contributed by atoms with Crippen molar-refractivity contribution in [3.05, 3.63) is 66.2 Å². The van der Waals surface area contributed by atoms with Gasteiger partial charge in [0.25, 0.3) is 0 Å². The van der Waals surface area contributed by atoms with Crippen molar-refractivity contribution in [1.82, 2.24) is 10.3 Å². The monoisotopic (exact) mass is 266 g/mol. The van der Waals surface area contributed by atoms with Crippen LogP contribution in [0.3, 0.4) is 0 Å². The van der Waals surface area contributed by atoms with Crippen LogP contribution in [0.5, 0.6) is 0 Å². The molecule has 1 N–H and O–H groups in total. The lowest BCUT2D eigenvalue weighted by molar-refractivity contribution is 0.624. The Morgan fingerprint density at radius 2 is 1.90 bits per heavy atom. The molecule has 0 unspecified atom stereocenters. The van der Waals surface area contributed by atoms with Crippen molar-refractivity contribution >= 4 is 10.8 Å². The lowest BCUT2D eigenvalue weighted by Crippen LogP contribution is -2.07. The molecule has 2 aromatic carbocycles. The summed E-state index contributed by atoms with van der Waals surface area (Å²) >= 11 is 0. The molecule has 0 fully saturated rings. The predicted octanol–water partition coefficient (Wildman–Crippen LogP) is 3.76. The number of pyridine rings is 1. The Labute approximate surface area is 117 Å². The van der Waals surface area contributed by atoms with Gasteiger partial charge in [-0.25, -0.2) is 4.39 Å². The normalized spacial score (nSPS) is 10.9. The van der Waals surface area contributed by atoms with E-state index in [4.69, 9.17) is 0 Å². The van der Waals surface area contributed by atoms with Crippen molar-refractivity contribution in [3.63, 3.8) is 0 Å². The van der Waals surface area contributed by atoms with Crippen LogP contribution in [-0.2, 0) is 6.54 Å². The van der Waals surface area contributed by atoms with Crippen LogP contribution < -0.4 is 5.32 Å². The smallest absolute Gasteiger partial charge is 0.123 e. The van der Waals surface area contributed by atoms with E-state index in [1.165, 1.54) is 6.07 Å². The van der Waals surface area contributed by atoms with Gasteiger partial charge < -0.3 is 5.32 Å². The number of nitrogens with one attached hydrogen (secondary N) is 1. The number of fused-ring (bicyclic) bond motifs is 1. The summed E-state index contributed by atoms with van der Waals surface area (Å²) in [7, 11) is 1.86. The highest BCUT2D eigenvalue weighted by Gasteiger charge is 2.09. The average molecular weight is 266 g/mol. The summed E-state index contributed by atoms with van der Waals surface area (Å²) in [6.45, 7) is 0.621. The lowest BCUT2D eigenvalue weighted by Gasteiger charge is -2.12. The van der Waals surface area contributed by atoms with Gasteiger partial charge in [0.15, 0.2) is 0 Å². The fraction of sp³-hybridized carbons (Fsp3) is 0.118. The fourth-order valence-corrected chi connectivity index (χ4v) is 2.49. The second-order valence-electron chi connectivity index (χ2n) is 4.74. The zero-order valence-corrected chi connectivity index (χ0v) is 11.2. The van der Waals surface area contributed by atoms with E-state index in [1.807, 2.05) is 43.7 Å². The summed E-state index contributed by atoms with van der Waals surface area (Å²) in [5.41, 5.74) is 2.99. The lowest BCUT2D eigenvalue weighted by atomic mass is 9.96. The molecule has 3 heteroatoms.